The zero-order valence-electron chi connectivity index (χ0n) is 17.6. The fourth-order valence-electron chi connectivity index (χ4n) is 3.50. The van der Waals surface area contributed by atoms with Crippen molar-refractivity contribution in [1.29, 1.82) is 0 Å². The lowest BCUT2D eigenvalue weighted by Gasteiger charge is -2.07. The average Bonchev–Trinajstić information content (AvgIpc) is 3.30. The highest BCUT2D eigenvalue weighted by Crippen LogP contribution is 2.26. The van der Waals surface area contributed by atoms with Gasteiger partial charge in [0.05, 0.1) is 17.8 Å². The van der Waals surface area contributed by atoms with Crippen molar-refractivity contribution in [2.24, 2.45) is 0 Å². The Morgan fingerprint density at radius 1 is 1.10 bits per heavy atom. The number of para-hydroxylation sites is 1. The summed E-state index contributed by atoms with van der Waals surface area (Å²) in [5.41, 5.74) is 6.78. The molecule has 2 aromatic carbocycles. The van der Waals surface area contributed by atoms with Crippen LogP contribution >= 0.6 is 22.9 Å². The summed E-state index contributed by atoms with van der Waals surface area (Å²) in [7, 11) is 0. The summed E-state index contributed by atoms with van der Waals surface area (Å²) >= 11 is 7.83. The van der Waals surface area contributed by atoms with Crippen molar-refractivity contribution in [2.75, 3.05) is 5.32 Å². The second-order valence-corrected chi connectivity index (χ2v) is 8.73. The topological polar surface area (TPSA) is 59.8 Å². The van der Waals surface area contributed by atoms with Gasteiger partial charge in [0.2, 0.25) is 11.0 Å². The third-order valence-corrected chi connectivity index (χ3v) is 6.48. The molecule has 1 N–H and O–H groups in total. The first kappa shape index (κ1) is 21.3. The molecule has 2 heterocycles. The molecular weight excluding hydrogens is 428 g/mol. The van der Waals surface area contributed by atoms with E-state index in [1.54, 1.807) is 0 Å². The largest absolute Gasteiger partial charge is 0.326 e. The molecule has 0 spiro atoms. The predicted octanol–water partition coefficient (Wildman–Crippen LogP) is 5.68. The molecule has 4 rings (SSSR count). The first-order valence-corrected chi connectivity index (χ1v) is 11.3. The van der Waals surface area contributed by atoms with Crippen molar-refractivity contribution in [3.8, 4) is 5.13 Å². The molecule has 0 atom stereocenters. The number of aryl methyl sites for hydroxylation is 2. The lowest BCUT2D eigenvalue weighted by atomic mass is 10.0. The van der Waals surface area contributed by atoms with Gasteiger partial charge in [-0.15, -0.1) is 11.3 Å². The van der Waals surface area contributed by atoms with Crippen LogP contribution in [0, 0.1) is 20.8 Å². The van der Waals surface area contributed by atoms with Gasteiger partial charge in [-0.25, -0.2) is 9.67 Å². The summed E-state index contributed by atoms with van der Waals surface area (Å²) in [6.07, 6.45) is 0.936. The monoisotopic (exact) mass is 450 g/mol. The quantitative estimate of drug-likeness (QED) is 0.411. The van der Waals surface area contributed by atoms with Crippen LogP contribution in [0.25, 0.3) is 5.13 Å². The molecule has 0 aliphatic heterocycles. The molecule has 158 valence electrons. The number of anilines is 1. The number of nitrogens with zero attached hydrogens (tertiary/aromatic N) is 3. The molecule has 31 heavy (non-hydrogen) atoms. The van der Waals surface area contributed by atoms with Crippen LogP contribution in [0.2, 0.25) is 5.02 Å². The summed E-state index contributed by atoms with van der Waals surface area (Å²) in [5.74, 6) is -0.0843. The van der Waals surface area contributed by atoms with Crippen LogP contribution in [0.4, 0.5) is 5.69 Å². The SMILES string of the molecule is Cc1ccccc1NC(=O)Cc1csc(-n2nc(C)c(Cc3ccccc3Cl)c2C)n1. The Morgan fingerprint density at radius 2 is 1.84 bits per heavy atom. The van der Waals surface area contributed by atoms with Crippen LogP contribution < -0.4 is 5.32 Å². The molecule has 7 heteroatoms. The van der Waals surface area contributed by atoms with Gasteiger partial charge in [0, 0.05) is 33.8 Å². The highest BCUT2D eigenvalue weighted by Gasteiger charge is 2.17. The second-order valence-electron chi connectivity index (χ2n) is 7.49. The van der Waals surface area contributed by atoms with Gasteiger partial charge >= 0.3 is 0 Å². The maximum Gasteiger partial charge on any atom is 0.230 e. The number of nitrogens with one attached hydrogen (secondary N) is 1. The zero-order chi connectivity index (χ0) is 22.0. The van der Waals surface area contributed by atoms with E-state index in [-0.39, 0.29) is 12.3 Å². The lowest BCUT2D eigenvalue weighted by molar-refractivity contribution is -0.115. The van der Waals surface area contributed by atoms with Gasteiger partial charge in [-0.05, 0) is 44.0 Å². The predicted molar refractivity (Wildman–Crippen MR) is 126 cm³/mol. The number of rotatable bonds is 6. The van der Waals surface area contributed by atoms with Crippen LogP contribution in [0.3, 0.4) is 0 Å². The molecule has 0 bridgehead atoms. The third kappa shape index (κ3) is 4.70. The minimum absolute atomic E-state index is 0.0843. The van der Waals surface area contributed by atoms with Crippen LogP contribution in [0.5, 0.6) is 0 Å². The van der Waals surface area contributed by atoms with E-state index in [0.717, 1.165) is 49.6 Å². The van der Waals surface area contributed by atoms with E-state index in [4.69, 9.17) is 16.7 Å². The van der Waals surface area contributed by atoms with Gasteiger partial charge < -0.3 is 5.32 Å². The first-order chi connectivity index (χ1) is 14.9. The Hall–Kier alpha value is -2.96. The molecular formula is C24H23ClN4OS. The van der Waals surface area contributed by atoms with E-state index in [0.29, 0.717) is 6.42 Å². The Kier molecular flexibility index (Phi) is 6.20. The summed E-state index contributed by atoms with van der Waals surface area (Å²) < 4.78 is 1.86. The molecule has 0 fully saturated rings. The van der Waals surface area contributed by atoms with Gasteiger partial charge in [0.15, 0.2) is 0 Å². The molecule has 4 aromatic rings. The van der Waals surface area contributed by atoms with Gasteiger partial charge in [0.25, 0.3) is 0 Å². The van der Waals surface area contributed by atoms with Crippen molar-refractivity contribution < 1.29 is 4.79 Å². The average molecular weight is 451 g/mol. The molecule has 1 amide bonds. The van der Waals surface area contributed by atoms with E-state index in [2.05, 4.69) is 10.3 Å². The fraction of sp³-hybridized carbons (Fsp3) is 0.208. The summed E-state index contributed by atoms with van der Waals surface area (Å²) in [6, 6.07) is 15.6. The van der Waals surface area contributed by atoms with Crippen molar-refractivity contribution in [1.82, 2.24) is 14.8 Å². The molecule has 2 aromatic heterocycles. The molecule has 0 saturated carbocycles. The van der Waals surface area contributed by atoms with Crippen LogP contribution in [0.1, 0.15) is 33.8 Å². The number of halogens is 1. The summed E-state index contributed by atoms with van der Waals surface area (Å²) in [5, 5.41) is 11.1. The van der Waals surface area contributed by atoms with Gasteiger partial charge in [-0.1, -0.05) is 48.0 Å². The van der Waals surface area contributed by atoms with Crippen LogP contribution in [0.15, 0.2) is 53.9 Å². The highest BCUT2D eigenvalue weighted by atomic mass is 35.5. The first-order valence-electron chi connectivity index (χ1n) is 10.0. The molecule has 0 aliphatic carbocycles. The molecule has 0 aliphatic rings. The van der Waals surface area contributed by atoms with Crippen molar-refractivity contribution in [3.63, 3.8) is 0 Å². The third-order valence-electron chi connectivity index (χ3n) is 5.25. The normalized spacial score (nSPS) is 11.0. The minimum atomic E-state index is -0.0843. The summed E-state index contributed by atoms with van der Waals surface area (Å²) in [6.45, 7) is 6.01. The molecule has 0 unspecified atom stereocenters. The number of aromatic nitrogens is 3. The molecule has 0 radical (unpaired) electrons. The van der Waals surface area contributed by atoms with Crippen LogP contribution in [-0.4, -0.2) is 20.7 Å². The molecule has 0 saturated heterocycles. The smallest absolute Gasteiger partial charge is 0.230 e. The minimum Gasteiger partial charge on any atom is -0.326 e. The Bertz CT molecular complexity index is 1240. The number of hydrogen-bond acceptors (Lipinski definition) is 4. The number of carbonyl (C=O) groups is 1. The molecule has 5 nitrogen and oxygen atoms in total. The van der Waals surface area contributed by atoms with E-state index < -0.39 is 0 Å². The van der Waals surface area contributed by atoms with Crippen molar-refractivity contribution in [2.45, 2.75) is 33.6 Å². The van der Waals surface area contributed by atoms with Crippen molar-refractivity contribution in [3.05, 3.63) is 92.7 Å². The number of amides is 1. The lowest BCUT2D eigenvalue weighted by Crippen LogP contribution is -2.15. The van der Waals surface area contributed by atoms with Crippen molar-refractivity contribution >= 4 is 34.5 Å². The Labute approximate surface area is 190 Å². The number of thiazole rings is 1. The van der Waals surface area contributed by atoms with E-state index in [1.165, 1.54) is 11.3 Å². The van der Waals surface area contributed by atoms with E-state index in [1.807, 2.05) is 79.4 Å². The number of hydrogen-bond donors (Lipinski definition) is 1. The maximum absolute atomic E-state index is 12.5. The standard InChI is InChI=1S/C24H23ClN4OS/c1-15-8-4-7-11-22(15)27-23(30)13-19-14-31-24(26-19)29-17(3)20(16(2)28-29)12-18-9-5-6-10-21(18)25/h4-11,14H,12-13H2,1-3H3,(H,27,30). The van der Waals surface area contributed by atoms with Gasteiger partial charge in [-0.2, -0.15) is 5.10 Å². The highest BCUT2D eigenvalue weighted by molar-refractivity contribution is 7.12. The fourth-order valence-corrected chi connectivity index (χ4v) is 4.52. The zero-order valence-corrected chi connectivity index (χ0v) is 19.2. The van der Waals surface area contributed by atoms with Crippen LogP contribution in [-0.2, 0) is 17.6 Å². The maximum atomic E-state index is 12.5. The second kappa shape index (κ2) is 9.04. The number of benzene rings is 2. The number of carbonyl (C=O) groups excluding carboxylic acids is 1. The summed E-state index contributed by atoms with van der Waals surface area (Å²) in [4.78, 5) is 17.1. The van der Waals surface area contributed by atoms with Gasteiger partial charge in [-0.3, -0.25) is 4.79 Å². The Balaban J connectivity index is 1.51. The van der Waals surface area contributed by atoms with Gasteiger partial charge in [0.1, 0.15) is 0 Å². The Morgan fingerprint density at radius 3 is 2.61 bits per heavy atom. The van der Waals surface area contributed by atoms with E-state index >= 15 is 0 Å². The van der Waals surface area contributed by atoms with E-state index in [9.17, 15) is 4.79 Å².